The first-order chi connectivity index (χ1) is 5.16. The second-order valence-corrected chi connectivity index (χ2v) is 2.07. The van der Waals surface area contributed by atoms with E-state index in [0.29, 0.717) is 0 Å². The summed E-state index contributed by atoms with van der Waals surface area (Å²) in [6.07, 6.45) is 0. The van der Waals surface area contributed by atoms with E-state index < -0.39 is 11.6 Å². The maximum absolute atomic E-state index is 12.7. The molecule has 0 atom stereocenters. The van der Waals surface area contributed by atoms with Gasteiger partial charge in [0.2, 0.25) is 0 Å². The van der Waals surface area contributed by atoms with E-state index in [4.69, 9.17) is 5.73 Å². The van der Waals surface area contributed by atoms with Gasteiger partial charge < -0.3 is 11.1 Å². The molecule has 0 spiro atoms. The highest BCUT2D eigenvalue weighted by Crippen LogP contribution is 2.24. The summed E-state index contributed by atoms with van der Waals surface area (Å²) >= 11 is 0. The fourth-order valence-electron chi connectivity index (χ4n) is 0.822. The SMILES string of the molecule is CNc1c(F)ccc(F)c1N. The second kappa shape index (κ2) is 2.74. The fourth-order valence-corrected chi connectivity index (χ4v) is 0.822. The topological polar surface area (TPSA) is 38.0 Å². The maximum Gasteiger partial charge on any atom is 0.148 e. The van der Waals surface area contributed by atoms with Crippen molar-refractivity contribution in [1.29, 1.82) is 0 Å². The van der Waals surface area contributed by atoms with E-state index in [1.807, 2.05) is 0 Å². The molecule has 1 aromatic rings. The van der Waals surface area contributed by atoms with Gasteiger partial charge in [-0.15, -0.1) is 0 Å². The van der Waals surface area contributed by atoms with Gasteiger partial charge in [-0.3, -0.25) is 0 Å². The Balaban J connectivity index is 3.29. The molecule has 0 fully saturated rings. The van der Waals surface area contributed by atoms with Crippen LogP contribution in [0.1, 0.15) is 0 Å². The van der Waals surface area contributed by atoms with Crippen LogP contribution in [0.25, 0.3) is 0 Å². The molecule has 0 unspecified atom stereocenters. The van der Waals surface area contributed by atoms with Crippen molar-refractivity contribution in [3.05, 3.63) is 23.8 Å². The van der Waals surface area contributed by atoms with E-state index in [0.717, 1.165) is 12.1 Å². The van der Waals surface area contributed by atoms with E-state index in [2.05, 4.69) is 5.32 Å². The normalized spacial score (nSPS) is 9.73. The maximum atomic E-state index is 12.7. The monoisotopic (exact) mass is 158 g/mol. The summed E-state index contributed by atoms with van der Waals surface area (Å²) in [5.74, 6) is -1.16. The van der Waals surface area contributed by atoms with Crippen molar-refractivity contribution in [3.63, 3.8) is 0 Å². The lowest BCUT2D eigenvalue weighted by atomic mass is 10.2. The summed E-state index contributed by atoms with van der Waals surface area (Å²) < 4.78 is 25.3. The molecule has 0 amide bonds. The van der Waals surface area contributed by atoms with Crippen LogP contribution in [0.5, 0.6) is 0 Å². The molecule has 0 aliphatic rings. The molecule has 11 heavy (non-hydrogen) atoms. The lowest BCUT2D eigenvalue weighted by Crippen LogP contribution is -2.01. The van der Waals surface area contributed by atoms with Crippen molar-refractivity contribution in [3.8, 4) is 0 Å². The minimum Gasteiger partial charge on any atom is -0.395 e. The van der Waals surface area contributed by atoms with Crippen molar-refractivity contribution in [1.82, 2.24) is 0 Å². The Hall–Kier alpha value is -1.32. The quantitative estimate of drug-likeness (QED) is 0.609. The van der Waals surface area contributed by atoms with Crippen LogP contribution in [0, 0.1) is 11.6 Å². The zero-order chi connectivity index (χ0) is 8.43. The lowest BCUT2D eigenvalue weighted by Gasteiger charge is -2.05. The molecule has 0 saturated heterocycles. The number of benzene rings is 1. The summed E-state index contributed by atoms with van der Waals surface area (Å²) in [7, 11) is 1.48. The van der Waals surface area contributed by atoms with Gasteiger partial charge in [0.25, 0.3) is 0 Å². The molecule has 0 saturated carbocycles. The molecule has 0 bridgehead atoms. The molecule has 0 heterocycles. The van der Waals surface area contributed by atoms with E-state index in [-0.39, 0.29) is 11.4 Å². The predicted molar refractivity (Wildman–Crippen MR) is 40.3 cm³/mol. The molecule has 1 aromatic carbocycles. The molecule has 2 nitrogen and oxygen atoms in total. The summed E-state index contributed by atoms with van der Waals surface area (Å²) in [5, 5.41) is 2.46. The van der Waals surface area contributed by atoms with Gasteiger partial charge in [-0.25, -0.2) is 8.78 Å². The highest BCUT2D eigenvalue weighted by atomic mass is 19.1. The summed E-state index contributed by atoms with van der Waals surface area (Å²) in [6.45, 7) is 0. The number of anilines is 2. The van der Waals surface area contributed by atoms with E-state index in [1.54, 1.807) is 0 Å². The molecule has 1 rings (SSSR count). The molecule has 60 valence electrons. The standard InChI is InChI=1S/C7H8F2N2/c1-11-7-5(9)3-2-4(8)6(7)10/h2-3,11H,10H2,1H3. The van der Waals surface area contributed by atoms with Gasteiger partial charge in [-0.2, -0.15) is 0 Å². The first-order valence-electron chi connectivity index (χ1n) is 3.08. The summed E-state index contributed by atoms with van der Waals surface area (Å²) in [4.78, 5) is 0. The number of hydrogen-bond acceptors (Lipinski definition) is 2. The molecule has 0 radical (unpaired) electrons. The molecule has 4 heteroatoms. The molecular formula is C7H8F2N2. The Kier molecular flexibility index (Phi) is 1.94. The van der Waals surface area contributed by atoms with Crippen LogP contribution >= 0.6 is 0 Å². The fraction of sp³-hybridized carbons (Fsp3) is 0.143. The van der Waals surface area contributed by atoms with Crippen LogP contribution in [-0.4, -0.2) is 7.05 Å². The average Bonchev–Trinajstić information content (AvgIpc) is 1.99. The molecule has 3 N–H and O–H groups in total. The van der Waals surface area contributed by atoms with Gasteiger partial charge in [-0.1, -0.05) is 0 Å². The van der Waals surface area contributed by atoms with Gasteiger partial charge in [0, 0.05) is 7.05 Å². The van der Waals surface area contributed by atoms with Crippen LogP contribution in [0.2, 0.25) is 0 Å². The molecule has 0 aliphatic heterocycles. The van der Waals surface area contributed by atoms with Crippen molar-refractivity contribution in [2.75, 3.05) is 18.1 Å². The smallest absolute Gasteiger partial charge is 0.148 e. The minimum atomic E-state index is -0.615. The lowest BCUT2D eigenvalue weighted by molar-refractivity contribution is 0.607. The average molecular weight is 158 g/mol. The Morgan fingerprint density at radius 3 is 2.27 bits per heavy atom. The van der Waals surface area contributed by atoms with Crippen LogP contribution in [0.3, 0.4) is 0 Å². The highest BCUT2D eigenvalue weighted by molar-refractivity contribution is 5.66. The van der Waals surface area contributed by atoms with Gasteiger partial charge in [0.1, 0.15) is 11.6 Å². The molecular weight excluding hydrogens is 150 g/mol. The van der Waals surface area contributed by atoms with E-state index in [9.17, 15) is 8.78 Å². The number of rotatable bonds is 1. The van der Waals surface area contributed by atoms with Crippen molar-refractivity contribution in [2.24, 2.45) is 0 Å². The first kappa shape index (κ1) is 7.78. The number of nitrogens with two attached hydrogens (primary N) is 1. The van der Waals surface area contributed by atoms with E-state index in [1.165, 1.54) is 7.05 Å². The number of hydrogen-bond donors (Lipinski definition) is 2. The van der Waals surface area contributed by atoms with Gasteiger partial charge in [0.05, 0.1) is 11.4 Å². The Labute approximate surface area is 63.0 Å². The minimum absolute atomic E-state index is 0.00463. The number of halogens is 2. The zero-order valence-electron chi connectivity index (χ0n) is 5.99. The predicted octanol–water partition coefficient (Wildman–Crippen LogP) is 1.59. The molecule has 0 aromatic heterocycles. The van der Waals surface area contributed by atoms with Crippen LogP contribution in [0.4, 0.5) is 20.2 Å². The number of nitrogen functional groups attached to an aromatic ring is 1. The zero-order valence-corrected chi connectivity index (χ0v) is 5.99. The largest absolute Gasteiger partial charge is 0.395 e. The van der Waals surface area contributed by atoms with Crippen LogP contribution < -0.4 is 11.1 Å². The van der Waals surface area contributed by atoms with Crippen LogP contribution in [-0.2, 0) is 0 Å². The van der Waals surface area contributed by atoms with Gasteiger partial charge >= 0.3 is 0 Å². The Bertz CT molecular complexity index is 273. The summed E-state index contributed by atoms with van der Waals surface area (Å²) in [6, 6.07) is 2.02. The van der Waals surface area contributed by atoms with Crippen LogP contribution in [0.15, 0.2) is 12.1 Å². The third-order valence-corrected chi connectivity index (χ3v) is 1.39. The first-order valence-corrected chi connectivity index (χ1v) is 3.08. The number of nitrogens with one attached hydrogen (secondary N) is 1. The van der Waals surface area contributed by atoms with Crippen molar-refractivity contribution >= 4 is 11.4 Å². The van der Waals surface area contributed by atoms with Gasteiger partial charge in [0.15, 0.2) is 0 Å². The van der Waals surface area contributed by atoms with Crippen molar-refractivity contribution in [2.45, 2.75) is 0 Å². The second-order valence-electron chi connectivity index (χ2n) is 2.07. The van der Waals surface area contributed by atoms with Gasteiger partial charge in [-0.05, 0) is 12.1 Å². The van der Waals surface area contributed by atoms with Crippen molar-refractivity contribution < 1.29 is 8.78 Å². The Morgan fingerprint density at radius 1 is 1.27 bits per heavy atom. The summed E-state index contributed by atoms with van der Waals surface area (Å²) in [5.41, 5.74) is 5.03. The highest BCUT2D eigenvalue weighted by Gasteiger charge is 2.07. The third-order valence-electron chi connectivity index (χ3n) is 1.39. The third kappa shape index (κ3) is 1.24. The van der Waals surface area contributed by atoms with E-state index >= 15 is 0 Å². The Morgan fingerprint density at radius 2 is 1.82 bits per heavy atom. The molecule has 0 aliphatic carbocycles.